The van der Waals surface area contributed by atoms with E-state index in [1.54, 1.807) is 0 Å². The average Bonchev–Trinajstić information content (AvgIpc) is 2.07. The van der Waals surface area contributed by atoms with Crippen molar-refractivity contribution >= 4 is 22.9 Å². The molecule has 0 aliphatic heterocycles. The maximum absolute atomic E-state index is 11.7. The van der Waals surface area contributed by atoms with Gasteiger partial charge in [0.05, 0.1) is 0 Å². The van der Waals surface area contributed by atoms with Crippen molar-refractivity contribution in [3.8, 4) is 0 Å². The van der Waals surface area contributed by atoms with Crippen LogP contribution in [0.1, 0.15) is 25.7 Å². The van der Waals surface area contributed by atoms with Gasteiger partial charge in [-0.2, -0.15) is 0 Å². The molecular weight excluding hydrogens is 168 g/mol. The summed E-state index contributed by atoms with van der Waals surface area (Å²) < 4.78 is 0. The van der Waals surface area contributed by atoms with Gasteiger partial charge < -0.3 is 0 Å². The molecule has 0 N–H and O–H groups in total. The number of carbonyl (C=O) groups is 1. The SMILES string of the molecule is O=C1C2CC3CC(C2)C(=S)C1C3. The Balaban J connectivity index is 2.03. The molecule has 0 radical (unpaired) electrons. The number of Topliss-reactive ketones (excluding diaryl/α,β-unsaturated/α-hetero) is 1. The van der Waals surface area contributed by atoms with Gasteiger partial charge in [0.1, 0.15) is 5.78 Å². The first-order chi connectivity index (χ1) is 5.75. The maximum atomic E-state index is 11.7. The molecule has 0 saturated heterocycles. The van der Waals surface area contributed by atoms with Crippen LogP contribution in [0.4, 0.5) is 0 Å². The first kappa shape index (κ1) is 7.19. The molecule has 4 rings (SSSR count). The Kier molecular flexibility index (Phi) is 1.30. The molecule has 4 atom stereocenters. The van der Waals surface area contributed by atoms with E-state index in [-0.39, 0.29) is 5.92 Å². The molecule has 4 aliphatic carbocycles. The number of thiocarbonyl (C=S) groups is 1. The average molecular weight is 180 g/mol. The Morgan fingerprint density at radius 2 is 1.83 bits per heavy atom. The number of hydrogen-bond donors (Lipinski definition) is 0. The van der Waals surface area contributed by atoms with E-state index < -0.39 is 0 Å². The van der Waals surface area contributed by atoms with Crippen molar-refractivity contribution in [1.29, 1.82) is 0 Å². The van der Waals surface area contributed by atoms with Crippen molar-refractivity contribution in [2.45, 2.75) is 25.7 Å². The Hall–Kier alpha value is -0.240. The van der Waals surface area contributed by atoms with Crippen molar-refractivity contribution in [2.24, 2.45) is 23.7 Å². The molecule has 2 heteroatoms. The van der Waals surface area contributed by atoms with Gasteiger partial charge in [0.25, 0.3) is 0 Å². The highest BCUT2D eigenvalue weighted by Gasteiger charge is 2.50. The first-order valence-electron chi connectivity index (χ1n) is 4.83. The Labute approximate surface area is 77.5 Å². The normalized spacial score (nSPS) is 50.3. The first-order valence-corrected chi connectivity index (χ1v) is 5.24. The number of ketones is 1. The van der Waals surface area contributed by atoms with Gasteiger partial charge in [0.15, 0.2) is 0 Å². The standard InChI is InChI=1S/C10H12OS/c11-9-6-1-5-2-7(4-6)10(12)8(9)3-5/h5-8H,1-4H2. The highest BCUT2D eigenvalue weighted by Crippen LogP contribution is 2.50. The molecule has 4 fully saturated rings. The Bertz CT molecular complexity index is 247. The summed E-state index contributed by atoms with van der Waals surface area (Å²) in [6, 6.07) is 0. The second kappa shape index (κ2) is 2.16. The third-order valence-corrected chi connectivity index (χ3v) is 4.48. The third kappa shape index (κ3) is 0.743. The van der Waals surface area contributed by atoms with Crippen molar-refractivity contribution in [1.82, 2.24) is 0 Å². The largest absolute Gasteiger partial charge is 0.299 e. The quantitative estimate of drug-likeness (QED) is 0.530. The topological polar surface area (TPSA) is 17.1 Å². The van der Waals surface area contributed by atoms with Gasteiger partial charge in [-0.25, -0.2) is 0 Å². The highest BCUT2D eigenvalue weighted by atomic mass is 32.1. The van der Waals surface area contributed by atoms with E-state index in [4.69, 9.17) is 12.2 Å². The molecule has 0 heterocycles. The van der Waals surface area contributed by atoms with Crippen LogP contribution in [0.3, 0.4) is 0 Å². The molecular formula is C10H12OS. The summed E-state index contributed by atoms with van der Waals surface area (Å²) in [6.45, 7) is 0. The maximum Gasteiger partial charge on any atom is 0.143 e. The van der Waals surface area contributed by atoms with Crippen molar-refractivity contribution in [3.05, 3.63) is 0 Å². The summed E-state index contributed by atoms with van der Waals surface area (Å²) in [7, 11) is 0. The summed E-state index contributed by atoms with van der Waals surface area (Å²) in [5, 5.41) is 0. The zero-order chi connectivity index (χ0) is 8.29. The van der Waals surface area contributed by atoms with Crippen LogP contribution in [0, 0.1) is 23.7 Å². The molecule has 4 saturated carbocycles. The van der Waals surface area contributed by atoms with Crippen molar-refractivity contribution in [2.75, 3.05) is 0 Å². The molecule has 12 heavy (non-hydrogen) atoms. The summed E-state index contributed by atoms with van der Waals surface area (Å²) in [5.41, 5.74) is 0. The lowest BCUT2D eigenvalue weighted by Gasteiger charge is -2.48. The fourth-order valence-electron chi connectivity index (χ4n) is 3.37. The second-order valence-electron chi connectivity index (χ2n) is 4.56. The lowest BCUT2D eigenvalue weighted by Crippen LogP contribution is -2.50. The van der Waals surface area contributed by atoms with Crippen molar-refractivity contribution in [3.63, 3.8) is 0 Å². The van der Waals surface area contributed by atoms with E-state index in [1.165, 1.54) is 12.8 Å². The van der Waals surface area contributed by atoms with Gasteiger partial charge in [0, 0.05) is 16.7 Å². The van der Waals surface area contributed by atoms with E-state index in [2.05, 4.69) is 0 Å². The van der Waals surface area contributed by atoms with Crippen LogP contribution in [0.15, 0.2) is 0 Å². The van der Waals surface area contributed by atoms with Crippen LogP contribution < -0.4 is 0 Å². The Morgan fingerprint density at radius 3 is 2.67 bits per heavy atom. The van der Waals surface area contributed by atoms with Gasteiger partial charge in [-0.05, 0) is 37.5 Å². The van der Waals surface area contributed by atoms with Gasteiger partial charge in [-0.1, -0.05) is 12.2 Å². The fraction of sp³-hybridized carbons (Fsp3) is 0.800. The molecule has 4 aliphatic rings. The van der Waals surface area contributed by atoms with E-state index in [0.29, 0.717) is 17.6 Å². The van der Waals surface area contributed by atoms with Crippen LogP contribution >= 0.6 is 12.2 Å². The minimum atomic E-state index is 0.205. The van der Waals surface area contributed by atoms with Crippen LogP contribution in [0.5, 0.6) is 0 Å². The Morgan fingerprint density at radius 1 is 1.08 bits per heavy atom. The van der Waals surface area contributed by atoms with E-state index in [0.717, 1.165) is 23.6 Å². The van der Waals surface area contributed by atoms with Crippen LogP contribution in [-0.2, 0) is 4.79 Å². The molecule has 0 aromatic heterocycles. The molecule has 1 nitrogen and oxygen atoms in total. The third-order valence-electron chi connectivity index (χ3n) is 3.87. The second-order valence-corrected chi connectivity index (χ2v) is 5.03. The van der Waals surface area contributed by atoms with E-state index in [1.807, 2.05) is 0 Å². The minimum Gasteiger partial charge on any atom is -0.299 e. The van der Waals surface area contributed by atoms with Gasteiger partial charge in [-0.15, -0.1) is 0 Å². The van der Waals surface area contributed by atoms with E-state index in [9.17, 15) is 4.79 Å². The lowest BCUT2D eigenvalue weighted by atomic mass is 9.55. The van der Waals surface area contributed by atoms with Gasteiger partial charge in [-0.3, -0.25) is 4.79 Å². The molecule has 0 aromatic rings. The smallest absolute Gasteiger partial charge is 0.143 e. The molecule has 64 valence electrons. The molecule has 4 bridgehead atoms. The van der Waals surface area contributed by atoms with Crippen LogP contribution in [0.25, 0.3) is 0 Å². The monoisotopic (exact) mass is 180 g/mol. The zero-order valence-electron chi connectivity index (χ0n) is 6.95. The van der Waals surface area contributed by atoms with Gasteiger partial charge in [0.2, 0.25) is 0 Å². The molecule has 4 unspecified atom stereocenters. The lowest BCUT2D eigenvalue weighted by molar-refractivity contribution is -0.132. The van der Waals surface area contributed by atoms with Crippen LogP contribution in [-0.4, -0.2) is 10.6 Å². The van der Waals surface area contributed by atoms with Crippen LogP contribution in [0.2, 0.25) is 0 Å². The minimum absolute atomic E-state index is 0.205. The zero-order valence-corrected chi connectivity index (χ0v) is 7.77. The van der Waals surface area contributed by atoms with Gasteiger partial charge >= 0.3 is 0 Å². The summed E-state index contributed by atoms with van der Waals surface area (Å²) in [6.07, 6.45) is 4.64. The number of rotatable bonds is 0. The van der Waals surface area contributed by atoms with E-state index >= 15 is 0 Å². The van der Waals surface area contributed by atoms with Crippen molar-refractivity contribution < 1.29 is 4.79 Å². The summed E-state index contributed by atoms with van der Waals surface area (Å²) in [5.74, 6) is 2.56. The highest BCUT2D eigenvalue weighted by molar-refractivity contribution is 7.80. The number of carbonyl (C=O) groups excluding carboxylic acids is 1. The fourth-order valence-corrected chi connectivity index (χ4v) is 3.77. The molecule has 0 spiro atoms. The predicted octanol–water partition coefficient (Wildman–Crippen LogP) is 1.99. The summed E-state index contributed by atoms with van der Waals surface area (Å²) >= 11 is 5.33. The molecule has 0 amide bonds. The summed E-state index contributed by atoms with van der Waals surface area (Å²) in [4.78, 5) is 12.8. The predicted molar refractivity (Wildman–Crippen MR) is 50.0 cm³/mol. The number of hydrogen-bond acceptors (Lipinski definition) is 2. The molecule has 0 aromatic carbocycles.